The molecule has 0 spiro atoms. The van der Waals surface area contributed by atoms with Gasteiger partial charge in [-0.25, -0.2) is 4.79 Å². The van der Waals surface area contributed by atoms with Crippen LogP contribution in [-0.4, -0.2) is 58.4 Å². The minimum atomic E-state index is -0.603. The van der Waals surface area contributed by atoms with Crippen LogP contribution < -0.4 is 0 Å². The van der Waals surface area contributed by atoms with E-state index >= 15 is 0 Å². The molecule has 2 heterocycles. The third kappa shape index (κ3) is 3.60. The number of amides is 2. The molecule has 3 aliphatic rings. The van der Waals surface area contributed by atoms with Crippen LogP contribution in [0.3, 0.4) is 0 Å². The van der Waals surface area contributed by atoms with Crippen molar-refractivity contribution >= 4 is 17.8 Å². The molecule has 0 radical (unpaired) electrons. The summed E-state index contributed by atoms with van der Waals surface area (Å²) in [6.45, 7) is 0.474. The van der Waals surface area contributed by atoms with Gasteiger partial charge in [0, 0.05) is 18.5 Å². The van der Waals surface area contributed by atoms with Crippen LogP contribution in [0.5, 0.6) is 0 Å². The maximum atomic E-state index is 13.1. The van der Waals surface area contributed by atoms with Gasteiger partial charge in [-0.1, -0.05) is 48.5 Å². The number of hydrogen-bond donors (Lipinski definition) is 0. The van der Waals surface area contributed by atoms with Crippen LogP contribution in [-0.2, 0) is 16.0 Å². The van der Waals surface area contributed by atoms with Crippen molar-refractivity contribution in [2.45, 2.75) is 49.8 Å². The molecule has 2 aliphatic heterocycles. The third-order valence-electron chi connectivity index (χ3n) is 6.88. The van der Waals surface area contributed by atoms with Crippen LogP contribution in [0.1, 0.15) is 41.6 Å². The first-order valence-electron chi connectivity index (χ1n) is 11.0. The molecule has 2 saturated heterocycles. The van der Waals surface area contributed by atoms with Gasteiger partial charge in [0.15, 0.2) is 5.78 Å². The van der Waals surface area contributed by atoms with Crippen molar-refractivity contribution < 1.29 is 19.1 Å². The summed E-state index contributed by atoms with van der Waals surface area (Å²) in [6.07, 6.45) is 3.56. The Bertz CT molecular complexity index is 987. The Labute approximate surface area is 181 Å². The molecule has 0 N–H and O–H groups in total. The van der Waals surface area contributed by atoms with Gasteiger partial charge in [-0.3, -0.25) is 14.5 Å². The zero-order chi connectivity index (χ0) is 21.4. The molecule has 2 aromatic carbocycles. The van der Waals surface area contributed by atoms with Gasteiger partial charge in [-0.15, -0.1) is 0 Å². The van der Waals surface area contributed by atoms with E-state index in [0.29, 0.717) is 24.9 Å². The SMILES string of the molecule is O=C1CN(C(=O)c2ccccc2)C2CCN(C(=O)OC3(Cc4ccccc4)CCC3)C12. The molecule has 6 heteroatoms. The van der Waals surface area contributed by atoms with Gasteiger partial charge in [0.05, 0.1) is 12.6 Å². The minimum Gasteiger partial charge on any atom is -0.442 e. The molecule has 2 amide bonds. The molecule has 5 rings (SSSR count). The second kappa shape index (κ2) is 7.84. The lowest BCUT2D eigenvalue weighted by atomic mass is 9.76. The number of rotatable bonds is 4. The summed E-state index contributed by atoms with van der Waals surface area (Å²) in [5.41, 5.74) is 1.22. The van der Waals surface area contributed by atoms with Crippen molar-refractivity contribution in [3.05, 3.63) is 71.8 Å². The predicted octanol–water partition coefficient (Wildman–Crippen LogP) is 3.46. The summed E-state index contributed by atoms with van der Waals surface area (Å²) < 4.78 is 6.03. The maximum absolute atomic E-state index is 13.1. The van der Waals surface area contributed by atoms with E-state index in [1.54, 1.807) is 21.9 Å². The van der Waals surface area contributed by atoms with Gasteiger partial charge in [0.2, 0.25) is 0 Å². The van der Waals surface area contributed by atoms with Crippen LogP contribution in [0.15, 0.2) is 60.7 Å². The molecule has 3 fully saturated rings. The maximum Gasteiger partial charge on any atom is 0.411 e. The summed E-state index contributed by atoms with van der Waals surface area (Å²) in [7, 11) is 0. The Morgan fingerprint density at radius 3 is 2.29 bits per heavy atom. The van der Waals surface area contributed by atoms with Gasteiger partial charge in [-0.05, 0) is 43.4 Å². The lowest BCUT2D eigenvalue weighted by molar-refractivity contribution is -0.121. The van der Waals surface area contributed by atoms with Crippen molar-refractivity contribution in [1.82, 2.24) is 9.80 Å². The molecule has 6 nitrogen and oxygen atoms in total. The molecule has 0 aromatic heterocycles. The van der Waals surface area contributed by atoms with E-state index in [1.807, 2.05) is 48.5 Å². The molecule has 160 valence electrons. The number of fused-ring (bicyclic) bond motifs is 1. The summed E-state index contributed by atoms with van der Waals surface area (Å²) in [5.74, 6) is -0.245. The summed E-state index contributed by atoms with van der Waals surface area (Å²) in [4.78, 5) is 42.1. The van der Waals surface area contributed by atoms with Crippen LogP contribution in [0.2, 0.25) is 0 Å². The smallest absolute Gasteiger partial charge is 0.411 e. The highest BCUT2D eigenvalue weighted by atomic mass is 16.6. The highest BCUT2D eigenvalue weighted by Gasteiger charge is 2.53. The molecule has 0 bridgehead atoms. The molecular formula is C25H26N2O4. The Hall–Kier alpha value is -3.15. The molecule has 2 atom stereocenters. The van der Waals surface area contributed by atoms with E-state index in [2.05, 4.69) is 0 Å². The number of hydrogen-bond acceptors (Lipinski definition) is 4. The largest absolute Gasteiger partial charge is 0.442 e. The Kier molecular flexibility index (Phi) is 5.00. The van der Waals surface area contributed by atoms with E-state index in [0.717, 1.165) is 24.8 Å². The first kappa shape index (κ1) is 19.8. The van der Waals surface area contributed by atoms with E-state index in [1.165, 1.54) is 0 Å². The Morgan fingerprint density at radius 1 is 0.968 bits per heavy atom. The number of carbonyl (C=O) groups is 3. The highest BCUT2D eigenvalue weighted by molar-refractivity contribution is 6.02. The zero-order valence-electron chi connectivity index (χ0n) is 17.4. The monoisotopic (exact) mass is 418 g/mol. The van der Waals surface area contributed by atoms with Crippen molar-refractivity contribution in [3.63, 3.8) is 0 Å². The number of ketones is 1. The average molecular weight is 418 g/mol. The van der Waals surface area contributed by atoms with E-state index < -0.39 is 17.7 Å². The van der Waals surface area contributed by atoms with Gasteiger partial charge in [-0.2, -0.15) is 0 Å². The number of Topliss-reactive ketones (excluding diaryl/α,β-unsaturated/α-hetero) is 1. The van der Waals surface area contributed by atoms with Crippen molar-refractivity contribution in [2.75, 3.05) is 13.1 Å². The Balaban J connectivity index is 1.29. The van der Waals surface area contributed by atoms with E-state index in [-0.39, 0.29) is 24.3 Å². The number of ether oxygens (including phenoxy) is 1. The van der Waals surface area contributed by atoms with Crippen molar-refractivity contribution in [2.24, 2.45) is 0 Å². The third-order valence-corrected chi connectivity index (χ3v) is 6.88. The summed E-state index contributed by atoms with van der Waals surface area (Å²) >= 11 is 0. The molecule has 31 heavy (non-hydrogen) atoms. The molecular weight excluding hydrogens is 392 g/mol. The minimum absolute atomic E-state index is 0.0436. The first-order valence-corrected chi connectivity index (χ1v) is 11.0. The van der Waals surface area contributed by atoms with E-state index in [4.69, 9.17) is 4.74 Å². The fourth-order valence-electron chi connectivity index (χ4n) is 5.14. The summed E-state index contributed by atoms with van der Waals surface area (Å²) in [6, 6.07) is 18.2. The predicted molar refractivity (Wildman–Crippen MR) is 115 cm³/mol. The lowest BCUT2D eigenvalue weighted by Crippen LogP contribution is -2.50. The highest BCUT2D eigenvalue weighted by Crippen LogP contribution is 2.40. The first-order chi connectivity index (χ1) is 15.1. The standard InChI is InChI=1S/C25H26N2O4/c28-21-17-27(23(29)19-10-5-2-6-11-19)20-12-15-26(22(20)21)24(30)31-25(13-7-14-25)16-18-8-3-1-4-9-18/h1-6,8-11,20,22H,7,12-17H2. The molecule has 2 aromatic rings. The Morgan fingerprint density at radius 2 is 1.65 bits per heavy atom. The zero-order valence-corrected chi connectivity index (χ0v) is 17.4. The second-order valence-electron chi connectivity index (χ2n) is 8.83. The fourth-order valence-corrected chi connectivity index (χ4v) is 5.14. The average Bonchev–Trinajstić information content (AvgIpc) is 3.34. The van der Waals surface area contributed by atoms with Crippen molar-refractivity contribution in [3.8, 4) is 0 Å². The molecule has 2 unspecified atom stereocenters. The van der Waals surface area contributed by atoms with Gasteiger partial charge in [0.25, 0.3) is 5.91 Å². The topological polar surface area (TPSA) is 66.9 Å². The fraction of sp³-hybridized carbons (Fsp3) is 0.400. The van der Waals surface area contributed by atoms with Gasteiger partial charge < -0.3 is 9.64 Å². The molecule has 1 saturated carbocycles. The van der Waals surface area contributed by atoms with Crippen LogP contribution in [0, 0.1) is 0 Å². The van der Waals surface area contributed by atoms with Gasteiger partial charge >= 0.3 is 6.09 Å². The lowest BCUT2D eigenvalue weighted by Gasteiger charge is -2.42. The van der Waals surface area contributed by atoms with Crippen LogP contribution >= 0.6 is 0 Å². The summed E-state index contributed by atoms with van der Waals surface area (Å²) in [5, 5.41) is 0. The van der Waals surface area contributed by atoms with E-state index in [9.17, 15) is 14.4 Å². The van der Waals surface area contributed by atoms with Crippen molar-refractivity contribution in [1.29, 1.82) is 0 Å². The number of carbonyl (C=O) groups excluding carboxylic acids is 3. The number of benzene rings is 2. The van der Waals surface area contributed by atoms with Crippen LogP contribution in [0.25, 0.3) is 0 Å². The molecule has 1 aliphatic carbocycles. The number of likely N-dealkylation sites (tertiary alicyclic amines) is 2. The van der Waals surface area contributed by atoms with Gasteiger partial charge in [0.1, 0.15) is 11.6 Å². The number of nitrogens with zero attached hydrogens (tertiary/aromatic N) is 2. The van der Waals surface area contributed by atoms with Crippen LogP contribution in [0.4, 0.5) is 4.79 Å². The normalized spacial score (nSPS) is 23.9. The quantitative estimate of drug-likeness (QED) is 0.763. The second-order valence-corrected chi connectivity index (χ2v) is 8.83.